The maximum Gasteiger partial charge on any atom is 0.340 e. The van der Waals surface area contributed by atoms with Gasteiger partial charge in [0.2, 0.25) is 5.78 Å². The van der Waals surface area contributed by atoms with Crippen molar-refractivity contribution in [2.75, 3.05) is 6.61 Å². The lowest BCUT2D eigenvalue weighted by Gasteiger charge is -2.16. The number of amides is 1. The molecule has 0 aliphatic carbocycles. The van der Waals surface area contributed by atoms with Crippen LogP contribution in [0.25, 0.3) is 0 Å². The first kappa shape index (κ1) is 21.9. The molecule has 2 N–H and O–H groups in total. The number of ether oxygens (including phenoxy) is 2. The number of carbonyl (C=O) groups is 4. The van der Waals surface area contributed by atoms with Crippen LogP contribution in [0.4, 0.5) is 0 Å². The first-order valence-electron chi connectivity index (χ1n) is 9.12. The Hall–Kier alpha value is -3.36. The van der Waals surface area contributed by atoms with Crippen LogP contribution in [0.2, 0.25) is 0 Å². The normalized spacial score (nSPS) is 12.7. The van der Waals surface area contributed by atoms with Crippen LogP contribution >= 0.6 is 0 Å². The Labute approximate surface area is 167 Å². The number of ketones is 1. The summed E-state index contributed by atoms with van der Waals surface area (Å²) in [7, 11) is 0. The number of aromatic nitrogens is 1. The smallest absolute Gasteiger partial charge is 0.340 e. The minimum atomic E-state index is -1.13. The third-order valence-corrected chi connectivity index (χ3v) is 4.27. The summed E-state index contributed by atoms with van der Waals surface area (Å²) in [5, 5.41) is 2.43. The molecule has 2 rings (SSSR count). The van der Waals surface area contributed by atoms with Crippen LogP contribution in [-0.2, 0) is 14.3 Å². The van der Waals surface area contributed by atoms with Crippen LogP contribution in [0, 0.1) is 13.8 Å². The van der Waals surface area contributed by atoms with Gasteiger partial charge in [0.1, 0.15) is 6.04 Å². The van der Waals surface area contributed by atoms with E-state index in [4.69, 9.17) is 13.9 Å². The zero-order chi connectivity index (χ0) is 21.7. The summed E-state index contributed by atoms with van der Waals surface area (Å²) >= 11 is 0. The van der Waals surface area contributed by atoms with Gasteiger partial charge in [0.15, 0.2) is 11.9 Å². The second-order valence-corrected chi connectivity index (χ2v) is 6.46. The van der Waals surface area contributed by atoms with Gasteiger partial charge in [0, 0.05) is 5.69 Å². The van der Waals surface area contributed by atoms with Gasteiger partial charge in [-0.25, -0.2) is 9.59 Å². The number of esters is 2. The highest BCUT2D eigenvalue weighted by Gasteiger charge is 2.29. The number of aromatic amines is 1. The van der Waals surface area contributed by atoms with Crippen LogP contribution in [0.3, 0.4) is 0 Å². The molecule has 0 unspecified atom stereocenters. The van der Waals surface area contributed by atoms with E-state index >= 15 is 0 Å². The fourth-order valence-electron chi connectivity index (χ4n) is 2.77. The molecule has 2 aromatic heterocycles. The fourth-order valence-corrected chi connectivity index (χ4v) is 2.77. The molecular weight excluding hydrogens is 380 g/mol. The standard InChI is InChI=1S/C20H24N2O7/c1-6-27-20(26)15-10(2)16(21-11(15)3)17(23)13(5)29-19(25)12(4)22-18(24)14-8-7-9-28-14/h7-9,12-13,21H,6H2,1-5H3,(H,22,24)/t12-,13-/m0/s1. The van der Waals surface area contributed by atoms with E-state index in [1.54, 1.807) is 26.8 Å². The zero-order valence-electron chi connectivity index (χ0n) is 17.0. The van der Waals surface area contributed by atoms with Crippen molar-refractivity contribution in [3.8, 4) is 0 Å². The molecule has 0 aliphatic heterocycles. The van der Waals surface area contributed by atoms with Gasteiger partial charge in [-0.3, -0.25) is 9.59 Å². The maximum atomic E-state index is 12.7. The highest BCUT2D eigenvalue weighted by molar-refractivity contribution is 6.04. The van der Waals surface area contributed by atoms with Crippen LogP contribution < -0.4 is 5.32 Å². The van der Waals surface area contributed by atoms with E-state index < -0.39 is 35.8 Å². The molecule has 0 bridgehead atoms. The number of Topliss-reactive ketones (excluding diaryl/α,β-unsaturated/α-hetero) is 1. The van der Waals surface area contributed by atoms with E-state index in [0.29, 0.717) is 11.3 Å². The predicted octanol–water partition coefficient (Wildman–Crippen LogP) is 2.33. The summed E-state index contributed by atoms with van der Waals surface area (Å²) in [6.45, 7) is 8.02. The SMILES string of the molecule is CCOC(=O)c1c(C)[nH]c(C(=O)[C@H](C)OC(=O)[C@H](C)NC(=O)c2ccco2)c1C. The molecule has 0 radical (unpaired) electrons. The average molecular weight is 404 g/mol. The fraction of sp³-hybridized carbons (Fsp3) is 0.400. The lowest BCUT2D eigenvalue weighted by molar-refractivity contribution is -0.148. The summed E-state index contributed by atoms with van der Waals surface area (Å²) in [6, 6.07) is 2.00. The van der Waals surface area contributed by atoms with Gasteiger partial charge in [-0.15, -0.1) is 0 Å². The predicted molar refractivity (Wildman–Crippen MR) is 102 cm³/mol. The Kier molecular flexibility index (Phi) is 6.98. The van der Waals surface area contributed by atoms with Gasteiger partial charge in [-0.1, -0.05) is 0 Å². The Morgan fingerprint density at radius 3 is 2.48 bits per heavy atom. The van der Waals surface area contributed by atoms with Crippen molar-refractivity contribution in [2.45, 2.75) is 46.8 Å². The Balaban J connectivity index is 2.05. The number of hydrogen-bond acceptors (Lipinski definition) is 7. The molecule has 2 aromatic rings. The first-order chi connectivity index (χ1) is 13.7. The third-order valence-electron chi connectivity index (χ3n) is 4.27. The van der Waals surface area contributed by atoms with E-state index in [-0.39, 0.29) is 23.6 Å². The largest absolute Gasteiger partial charge is 0.462 e. The minimum Gasteiger partial charge on any atom is -0.462 e. The molecule has 0 saturated heterocycles. The van der Waals surface area contributed by atoms with Crippen LogP contribution in [0.1, 0.15) is 63.4 Å². The van der Waals surface area contributed by atoms with Gasteiger partial charge in [0.05, 0.1) is 24.1 Å². The van der Waals surface area contributed by atoms with E-state index in [1.807, 2.05) is 0 Å². The molecule has 0 aliphatic rings. The summed E-state index contributed by atoms with van der Waals surface area (Å²) in [5.41, 5.74) is 1.36. The molecule has 2 heterocycles. The van der Waals surface area contributed by atoms with Crippen molar-refractivity contribution in [3.05, 3.63) is 46.7 Å². The van der Waals surface area contributed by atoms with Crippen LogP contribution in [-0.4, -0.2) is 47.4 Å². The quantitative estimate of drug-likeness (QED) is 0.510. The van der Waals surface area contributed by atoms with E-state index in [9.17, 15) is 19.2 Å². The van der Waals surface area contributed by atoms with Crippen LogP contribution in [0.5, 0.6) is 0 Å². The summed E-state index contributed by atoms with van der Waals surface area (Å²) < 4.78 is 15.1. The van der Waals surface area contributed by atoms with Gasteiger partial charge < -0.3 is 24.2 Å². The molecule has 9 heteroatoms. The van der Waals surface area contributed by atoms with Crippen molar-refractivity contribution in [2.24, 2.45) is 0 Å². The number of furan rings is 1. The van der Waals surface area contributed by atoms with Crippen LogP contribution in [0.15, 0.2) is 22.8 Å². The molecule has 0 aromatic carbocycles. The highest BCUT2D eigenvalue weighted by Crippen LogP contribution is 2.21. The number of rotatable bonds is 8. The topological polar surface area (TPSA) is 128 Å². The zero-order valence-corrected chi connectivity index (χ0v) is 17.0. The van der Waals surface area contributed by atoms with E-state index in [0.717, 1.165) is 0 Å². The molecular formula is C20H24N2O7. The molecule has 156 valence electrons. The summed E-state index contributed by atoms with van der Waals surface area (Å²) in [6.07, 6.45) is 0.210. The monoisotopic (exact) mass is 404 g/mol. The number of carbonyl (C=O) groups excluding carboxylic acids is 4. The highest BCUT2D eigenvalue weighted by atomic mass is 16.5. The number of aryl methyl sites for hydroxylation is 1. The number of nitrogens with one attached hydrogen (secondary N) is 2. The van der Waals surface area contributed by atoms with Crippen molar-refractivity contribution in [1.29, 1.82) is 0 Å². The lowest BCUT2D eigenvalue weighted by Crippen LogP contribution is -2.41. The lowest BCUT2D eigenvalue weighted by atomic mass is 10.1. The summed E-state index contributed by atoms with van der Waals surface area (Å²) in [4.78, 5) is 51.8. The van der Waals surface area contributed by atoms with Gasteiger partial charge in [0.25, 0.3) is 5.91 Å². The second-order valence-electron chi connectivity index (χ2n) is 6.46. The Bertz CT molecular complexity index is 912. The van der Waals surface area contributed by atoms with Crippen molar-refractivity contribution in [3.63, 3.8) is 0 Å². The molecule has 2 atom stereocenters. The number of hydrogen-bond donors (Lipinski definition) is 2. The molecule has 29 heavy (non-hydrogen) atoms. The van der Waals surface area contributed by atoms with E-state index in [2.05, 4.69) is 10.3 Å². The molecule has 1 amide bonds. The Morgan fingerprint density at radius 2 is 1.90 bits per heavy atom. The van der Waals surface area contributed by atoms with Crippen molar-refractivity contribution < 1.29 is 33.1 Å². The number of H-pyrrole nitrogens is 1. The third kappa shape index (κ3) is 4.92. The van der Waals surface area contributed by atoms with Crippen molar-refractivity contribution >= 4 is 23.6 Å². The molecule has 0 saturated carbocycles. The van der Waals surface area contributed by atoms with Crippen molar-refractivity contribution in [1.82, 2.24) is 10.3 Å². The first-order valence-corrected chi connectivity index (χ1v) is 9.12. The summed E-state index contributed by atoms with van der Waals surface area (Å²) in [5.74, 6) is -2.33. The maximum absolute atomic E-state index is 12.7. The van der Waals surface area contributed by atoms with Gasteiger partial charge in [-0.2, -0.15) is 0 Å². The van der Waals surface area contributed by atoms with E-state index in [1.165, 1.54) is 26.2 Å². The van der Waals surface area contributed by atoms with Gasteiger partial charge in [-0.05, 0) is 52.3 Å². The molecule has 0 fully saturated rings. The Morgan fingerprint density at radius 1 is 1.21 bits per heavy atom. The average Bonchev–Trinajstić information content (AvgIpc) is 3.29. The van der Waals surface area contributed by atoms with Gasteiger partial charge >= 0.3 is 11.9 Å². The molecule has 9 nitrogen and oxygen atoms in total. The molecule has 0 spiro atoms. The minimum absolute atomic E-state index is 0.0535. The second kappa shape index (κ2) is 9.22.